The van der Waals surface area contributed by atoms with Crippen molar-refractivity contribution in [1.82, 2.24) is 20.2 Å². The first-order valence-electron chi connectivity index (χ1n) is 7.47. The molecule has 5 nitrogen and oxygen atoms in total. The lowest BCUT2D eigenvalue weighted by Crippen LogP contribution is -2.16. The lowest BCUT2D eigenvalue weighted by Gasteiger charge is -2.21. The van der Waals surface area contributed by atoms with Gasteiger partial charge in [0.05, 0.1) is 5.56 Å². The minimum absolute atomic E-state index is 0.302. The molecule has 6 heteroatoms. The van der Waals surface area contributed by atoms with Crippen molar-refractivity contribution in [1.29, 1.82) is 0 Å². The molecule has 1 aliphatic rings. The number of nitrogens with zero attached hydrogens (tertiary/aromatic N) is 4. The lowest BCUT2D eigenvalue weighted by molar-refractivity contribution is 0.307. The first kappa shape index (κ1) is 14.0. The molecule has 112 valence electrons. The Morgan fingerprint density at radius 2 is 2.05 bits per heavy atom. The highest BCUT2D eigenvalue weighted by Gasteiger charge is 2.20. The van der Waals surface area contributed by atoms with Crippen molar-refractivity contribution in [3.63, 3.8) is 0 Å². The van der Waals surface area contributed by atoms with Crippen LogP contribution in [0.25, 0.3) is 11.4 Å². The third-order valence-corrected chi connectivity index (χ3v) is 4.21. The van der Waals surface area contributed by atoms with Crippen molar-refractivity contribution in [2.75, 3.05) is 5.73 Å². The maximum Gasteiger partial charge on any atom is 0.185 e. The number of nitrogens with two attached hydrogens (primary N) is 1. The molecule has 0 unspecified atom stereocenters. The fourth-order valence-electron chi connectivity index (χ4n) is 3.09. The van der Waals surface area contributed by atoms with Crippen molar-refractivity contribution < 1.29 is 4.39 Å². The molecule has 0 saturated heterocycles. The largest absolute Gasteiger partial charge is 0.399 e. The van der Waals surface area contributed by atoms with Gasteiger partial charge in [0.25, 0.3) is 0 Å². The van der Waals surface area contributed by atoms with E-state index in [0.717, 1.165) is 6.54 Å². The molecular formula is C15H20FN5. The molecule has 0 aliphatic heterocycles. The Morgan fingerprint density at radius 1 is 1.29 bits per heavy atom. The highest BCUT2D eigenvalue weighted by molar-refractivity contribution is 5.63. The summed E-state index contributed by atoms with van der Waals surface area (Å²) in [5.74, 6) is 0.739. The number of hydrogen-bond acceptors (Lipinski definition) is 4. The second kappa shape index (κ2) is 5.79. The number of hydrogen-bond donors (Lipinski definition) is 1. The van der Waals surface area contributed by atoms with Crippen LogP contribution < -0.4 is 5.73 Å². The SMILES string of the molecule is Cc1cc(N)cc(-c2nnnn2CC2CCCCC2)c1F. The molecule has 21 heavy (non-hydrogen) atoms. The van der Waals surface area contributed by atoms with Crippen molar-refractivity contribution in [3.8, 4) is 11.4 Å². The summed E-state index contributed by atoms with van der Waals surface area (Å²) >= 11 is 0. The Hall–Kier alpha value is -1.98. The summed E-state index contributed by atoms with van der Waals surface area (Å²) in [5, 5.41) is 11.8. The summed E-state index contributed by atoms with van der Waals surface area (Å²) in [4.78, 5) is 0. The third-order valence-electron chi connectivity index (χ3n) is 4.21. The maximum absolute atomic E-state index is 14.3. The Balaban J connectivity index is 1.91. The minimum Gasteiger partial charge on any atom is -0.399 e. The van der Waals surface area contributed by atoms with E-state index in [4.69, 9.17) is 5.73 Å². The molecule has 0 amide bonds. The number of aromatic nitrogens is 4. The van der Waals surface area contributed by atoms with Crippen molar-refractivity contribution in [2.45, 2.75) is 45.6 Å². The predicted octanol–water partition coefficient (Wildman–Crippen LogP) is 2.95. The number of tetrazole rings is 1. The van der Waals surface area contributed by atoms with Gasteiger partial charge in [0, 0.05) is 12.2 Å². The van der Waals surface area contributed by atoms with Crippen LogP contribution in [-0.2, 0) is 6.54 Å². The van der Waals surface area contributed by atoms with Crippen LogP contribution in [0, 0.1) is 18.7 Å². The number of rotatable bonds is 3. The van der Waals surface area contributed by atoms with Gasteiger partial charge in [-0.2, -0.15) is 0 Å². The zero-order chi connectivity index (χ0) is 14.8. The van der Waals surface area contributed by atoms with Crippen LogP contribution in [0.15, 0.2) is 12.1 Å². The van der Waals surface area contributed by atoms with E-state index in [2.05, 4.69) is 15.5 Å². The van der Waals surface area contributed by atoms with E-state index in [9.17, 15) is 4.39 Å². The number of benzene rings is 1. The Morgan fingerprint density at radius 3 is 2.81 bits per heavy atom. The van der Waals surface area contributed by atoms with Gasteiger partial charge in [0.15, 0.2) is 5.82 Å². The highest BCUT2D eigenvalue weighted by Crippen LogP contribution is 2.29. The second-order valence-electron chi connectivity index (χ2n) is 5.89. The van der Waals surface area contributed by atoms with E-state index in [-0.39, 0.29) is 5.82 Å². The molecule has 3 rings (SSSR count). The average molecular weight is 289 g/mol. The molecule has 1 aromatic heterocycles. The lowest BCUT2D eigenvalue weighted by atomic mass is 9.89. The van der Waals surface area contributed by atoms with Gasteiger partial charge in [-0.25, -0.2) is 9.07 Å². The van der Waals surface area contributed by atoms with Crippen molar-refractivity contribution >= 4 is 5.69 Å². The zero-order valence-electron chi connectivity index (χ0n) is 12.2. The first-order chi connectivity index (χ1) is 10.1. The summed E-state index contributed by atoms with van der Waals surface area (Å²) in [6.07, 6.45) is 6.21. The summed E-state index contributed by atoms with van der Waals surface area (Å²) in [6, 6.07) is 3.22. The molecule has 1 fully saturated rings. The number of nitrogen functional groups attached to an aromatic ring is 1. The van der Waals surface area contributed by atoms with E-state index < -0.39 is 0 Å². The predicted molar refractivity (Wildman–Crippen MR) is 78.9 cm³/mol. The molecule has 0 bridgehead atoms. The van der Waals surface area contributed by atoms with Crippen LogP contribution in [0.1, 0.15) is 37.7 Å². The van der Waals surface area contributed by atoms with Gasteiger partial charge >= 0.3 is 0 Å². The van der Waals surface area contributed by atoms with Gasteiger partial charge in [-0.05, 0) is 53.8 Å². The van der Waals surface area contributed by atoms with Gasteiger partial charge < -0.3 is 5.73 Å². The minimum atomic E-state index is -0.302. The fraction of sp³-hybridized carbons (Fsp3) is 0.533. The van der Waals surface area contributed by atoms with Gasteiger partial charge in [-0.1, -0.05) is 19.3 Å². The van der Waals surface area contributed by atoms with Crippen LogP contribution in [0.5, 0.6) is 0 Å². The molecule has 2 aromatic rings. The summed E-state index contributed by atoms with van der Waals surface area (Å²) in [6.45, 7) is 2.44. The standard InChI is InChI=1S/C15H20FN5/c1-10-7-12(17)8-13(14(10)16)15-18-19-20-21(15)9-11-5-3-2-4-6-11/h7-8,11H,2-6,9,17H2,1H3. The summed E-state index contributed by atoms with van der Waals surface area (Å²) < 4.78 is 16.1. The van der Waals surface area contributed by atoms with Crippen LogP contribution >= 0.6 is 0 Å². The molecule has 0 atom stereocenters. The monoisotopic (exact) mass is 289 g/mol. The van der Waals surface area contributed by atoms with Gasteiger partial charge in [0.1, 0.15) is 5.82 Å². The fourth-order valence-corrected chi connectivity index (χ4v) is 3.09. The molecule has 0 radical (unpaired) electrons. The van der Waals surface area contributed by atoms with Crippen LogP contribution in [0.4, 0.5) is 10.1 Å². The molecule has 2 N–H and O–H groups in total. The zero-order valence-corrected chi connectivity index (χ0v) is 12.2. The maximum atomic E-state index is 14.3. The first-order valence-corrected chi connectivity index (χ1v) is 7.47. The topological polar surface area (TPSA) is 69.6 Å². The normalized spacial score (nSPS) is 16.3. The third kappa shape index (κ3) is 2.89. The van der Waals surface area contributed by atoms with E-state index in [1.807, 2.05) is 0 Å². The number of halogens is 1. The van der Waals surface area contributed by atoms with Crippen molar-refractivity contribution in [2.24, 2.45) is 5.92 Å². The van der Waals surface area contributed by atoms with Crippen LogP contribution in [0.2, 0.25) is 0 Å². The van der Waals surface area contributed by atoms with Gasteiger partial charge in [0.2, 0.25) is 0 Å². The summed E-state index contributed by atoms with van der Waals surface area (Å²) in [7, 11) is 0. The molecular weight excluding hydrogens is 269 g/mol. The highest BCUT2D eigenvalue weighted by atomic mass is 19.1. The Kier molecular flexibility index (Phi) is 3.86. The molecule has 1 aliphatic carbocycles. The number of anilines is 1. The van der Waals surface area contributed by atoms with Gasteiger partial charge in [-0.15, -0.1) is 5.10 Å². The van der Waals surface area contributed by atoms with E-state index >= 15 is 0 Å². The molecule has 1 heterocycles. The number of aryl methyl sites for hydroxylation is 1. The Bertz CT molecular complexity index is 631. The molecule has 1 saturated carbocycles. The molecule has 0 spiro atoms. The summed E-state index contributed by atoms with van der Waals surface area (Å²) in [5.41, 5.74) is 7.24. The smallest absolute Gasteiger partial charge is 0.185 e. The van der Waals surface area contributed by atoms with Gasteiger partial charge in [-0.3, -0.25) is 0 Å². The van der Waals surface area contributed by atoms with E-state index in [0.29, 0.717) is 28.6 Å². The Labute approximate surface area is 123 Å². The average Bonchev–Trinajstić information content (AvgIpc) is 2.92. The quantitative estimate of drug-likeness (QED) is 0.882. The molecule has 1 aromatic carbocycles. The van der Waals surface area contributed by atoms with Crippen LogP contribution in [-0.4, -0.2) is 20.2 Å². The second-order valence-corrected chi connectivity index (χ2v) is 5.89. The van der Waals surface area contributed by atoms with E-state index in [1.54, 1.807) is 23.7 Å². The van der Waals surface area contributed by atoms with Crippen molar-refractivity contribution in [3.05, 3.63) is 23.5 Å². The van der Waals surface area contributed by atoms with Crippen LogP contribution in [0.3, 0.4) is 0 Å². The van der Waals surface area contributed by atoms with E-state index in [1.165, 1.54) is 32.1 Å².